The lowest BCUT2D eigenvalue weighted by Crippen LogP contribution is -2.17. The zero-order valence-corrected chi connectivity index (χ0v) is 18.2. The first kappa shape index (κ1) is 22.0. The minimum absolute atomic E-state index is 0.0693. The molecular formula is C19H20N2O9S. The Kier molecular flexibility index (Phi) is 5.84. The molecule has 0 bridgehead atoms. The Morgan fingerprint density at radius 2 is 1.71 bits per heavy atom. The molecule has 166 valence electrons. The van der Waals surface area contributed by atoms with Gasteiger partial charge in [-0.3, -0.25) is 9.29 Å². The van der Waals surface area contributed by atoms with E-state index in [-0.39, 0.29) is 39.0 Å². The van der Waals surface area contributed by atoms with E-state index in [0.717, 1.165) is 7.11 Å². The second kappa shape index (κ2) is 8.22. The summed E-state index contributed by atoms with van der Waals surface area (Å²) >= 11 is 0. The summed E-state index contributed by atoms with van der Waals surface area (Å²) in [6.07, 6.45) is 0. The van der Waals surface area contributed by atoms with Crippen LogP contribution in [0.2, 0.25) is 0 Å². The Balaban J connectivity index is 2.20. The van der Waals surface area contributed by atoms with Crippen molar-refractivity contribution in [3.63, 3.8) is 0 Å². The normalized spacial score (nSPS) is 11.3. The lowest BCUT2D eigenvalue weighted by atomic mass is 10.1. The summed E-state index contributed by atoms with van der Waals surface area (Å²) in [6.45, 7) is 0. The quantitative estimate of drug-likeness (QED) is 0.532. The second-order valence-corrected chi connectivity index (χ2v) is 7.90. The Labute approximate surface area is 177 Å². The van der Waals surface area contributed by atoms with Crippen molar-refractivity contribution in [2.45, 2.75) is 4.90 Å². The van der Waals surface area contributed by atoms with Crippen LogP contribution in [0.3, 0.4) is 0 Å². The number of ether oxygens (including phenoxy) is 4. The molecule has 12 heteroatoms. The van der Waals surface area contributed by atoms with Gasteiger partial charge in [0.2, 0.25) is 5.75 Å². The van der Waals surface area contributed by atoms with Gasteiger partial charge in [0.15, 0.2) is 17.1 Å². The zero-order chi connectivity index (χ0) is 22.9. The largest absolute Gasteiger partial charge is 0.493 e. The molecule has 31 heavy (non-hydrogen) atoms. The number of hydrogen-bond acceptors (Lipinski definition) is 9. The molecule has 0 atom stereocenters. The number of fused-ring (bicyclic) bond motifs is 1. The van der Waals surface area contributed by atoms with Crippen LogP contribution >= 0.6 is 0 Å². The fraction of sp³-hybridized carbons (Fsp3) is 0.263. The predicted molar refractivity (Wildman–Crippen MR) is 110 cm³/mol. The third-order valence-corrected chi connectivity index (χ3v) is 5.89. The van der Waals surface area contributed by atoms with E-state index in [4.69, 9.17) is 23.4 Å². The molecule has 0 unspecified atom stereocenters. The molecular weight excluding hydrogens is 432 g/mol. The molecule has 0 fully saturated rings. The van der Waals surface area contributed by atoms with Crippen molar-refractivity contribution in [3.05, 3.63) is 40.4 Å². The van der Waals surface area contributed by atoms with Crippen LogP contribution in [0.15, 0.2) is 38.4 Å². The highest BCUT2D eigenvalue weighted by Crippen LogP contribution is 2.46. The van der Waals surface area contributed by atoms with Crippen molar-refractivity contribution < 1.29 is 36.6 Å². The first-order valence-corrected chi connectivity index (χ1v) is 10.2. The molecule has 2 aromatic carbocycles. The number of carbonyl (C=O) groups is 1. The highest BCUT2D eigenvalue weighted by atomic mass is 32.2. The summed E-state index contributed by atoms with van der Waals surface area (Å²) in [5, 5.41) is 0. The van der Waals surface area contributed by atoms with Gasteiger partial charge in [0.1, 0.15) is 5.69 Å². The Morgan fingerprint density at radius 3 is 2.29 bits per heavy atom. The van der Waals surface area contributed by atoms with Gasteiger partial charge in [-0.2, -0.15) is 0 Å². The molecule has 0 spiro atoms. The van der Waals surface area contributed by atoms with E-state index in [1.54, 1.807) is 0 Å². The van der Waals surface area contributed by atoms with E-state index in [9.17, 15) is 18.0 Å². The van der Waals surface area contributed by atoms with Crippen molar-refractivity contribution in [2.75, 3.05) is 33.2 Å². The molecule has 1 heterocycles. The maximum atomic E-state index is 13.1. The number of esters is 1. The second-order valence-electron chi connectivity index (χ2n) is 6.22. The molecule has 0 saturated heterocycles. The number of sulfonamides is 1. The van der Waals surface area contributed by atoms with Crippen molar-refractivity contribution in [1.29, 1.82) is 0 Å². The third kappa shape index (κ3) is 3.77. The Hall–Kier alpha value is -3.67. The molecule has 3 aromatic rings. The number of nitrogens with zero attached hydrogens (tertiary/aromatic N) is 1. The van der Waals surface area contributed by atoms with Gasteiger partial charge in [-0.1, -0.05) is 0 Å². The van der Waals surface area contributed by atoms with Crippen LogP contribution in [0.4, 0.5) is 5.69 Å². The Bertz CT molecular complexity index is 1320. The molecule has 0 aliphatic rings. The highest BCUT2D eigenvalue weighted by molar-refractivity contribution is 7.92. The maximum Gasteiger partial charge on any atom is 0.419 e. The van der Waals surface area contributed by atoms with Gasteiger partial charge in [-0.15, -0.1) is 0 Å². The molecule has 0 saturated carbocycles. The number of anilines is 1. The third-order valence-electron chi connectivity index (χ3n) is 4.55. The summed E-state index contributed by atoms with van der Waals surface area (Å²) in [5.74, 6) is -1.35. The Morgan fingerprint density at radius 1 is 1.03 bits per heavy atom. The summed E-state index contributed by atoms with van der Waals surface area (Å²) in [4.78, 5) is 23.8. The zero-order valence-electron chi connectivity index (χ0n) is 17.3. The van der Waals surface area contributed by atoms with E-state index in [1.165, 1.54) is 57.2 Å². The average Bonchev–Trinajstić information content (AvgIpc) is 3.05. The number of aromatic nitrogens is 1. The van der Waals surface area contributed by atoms with Crippen LogP contribution in [0, 0.1) is 0 Å². The number of rotatable bonds is 7. The first-order chi connectivity index (χ1) is 14.7. The molecule has 0 aliphatic heterocycles. The van der Waals surface area contributed by atoms with Crippen LogP contribution in [0.5, 0.6) is 17.2 Å². The van der Waals surface area contributed by atoms with Crippen LogP contribution in [0.1, 0.15) is 10.4 Å². The summed E-state index contributed by atoms with van der Waals surface area (Å²) in [6, 6.07) is 5.20. The fourth-order valence-electron chi connectivity index (χ4n) is 3.00. The molecule has 0 radical (unpaired) electrons. The monoisotopic (exact) mass is 452 g/mol. The van der Waals surface area contributed by atoms with Crippen molar-refractivity contribution in [1.82, 2.24) is 4.57 Å². The van der Waals surface area contributed by atoms with Gasteiger partial charge in [0.05, 0.1) is 44.4 Å². The summed E-state index contributed by atoms with van der Waals surface area (Å²) in [7, 11) is 2.36. The van der Waals surface area contributed by atoms with E-state index >= 15 is 0 Å². The lowest BCUT2D eigenvalue weighted by molar-refractivity contribution is 0.0601. The average molecular weight is 452 g/mol. The van der Waals surface area contributed by atoms with Crippen molar-refractivity contribution in [2.24, 2.45) is 7.05 Å². The minimum Gasteiger partial charge on any atom is -0.493 e. The van der Waals surface area contributed by atoms with E-state index in [1.807, 2.05) is 0 Å². The molecule has 0 amide bonds. The number of aryl methyl sites for hydroxylation is 1. The number of benzene rings is 2. The number of hydrogen-bond donors (Lipinski definition) is 1. The molecule has 11 nitrogen and oxygen atoms in total. The van der Waals surface area contributed by atoms with Crippen LogP contribution in [-0.2, 0) is 21.8 Å². The number of carbonyl (C=O) groups excluding carboxylic acids is 1. The van der Waals surface area contributed by atoms with Crippen LogP contribution < -0.4 is 24.7 Å². The topological polar surface area (TPSA) is 135 Å². The number of oxazole rings is 1. The van der Waals surface area contributed by atoms with Gasteiger partial charge < -0.3 is 23.4 Å². The minimum atomic E-state index is -4.26. The summed E-state index contributed by atoms with van der Waals surface area (Å²) < 4.78 is 55.4. The number of nitrogens with one attached hydrogen (secondary N) is 1. The lowest BCUT2D eigenvalue weighted by Gasteiger charge is -2.19. The van der Waals surface area contributed by atoms with E-state index in [0.29, 0.717) is 5.52 Å². The SMILES string of the molecule is COC(=O)c1cc(OC)c(OC)c(OC)c1NS(=O)(=O)c1ccc2c(c1)oc(=O)n2C. The van der Waals surface area contributed by atoms with Crippen LogP contribution in [0.25, 0.3) is 11.1 Å². The standard InChI is InChI=1S/C19H20N2O9S/c1-21-12-7-6-10(8-13(12)30-19(21)23)31(24,25)20-15-11(18(22)29-5)9-14(26-2)16(27-3)17(15)28-4/h6-9,20H,1-5H3. The smallest absolute Gasteiger partial charge is 0.419 e. The van der Waals surface area contributed by atoms with Gasteiger partial charge in [-0.25, -0.2) is 18.0 Å². The molecule has 3 rings (SSSR count). The highest BCUT2D eigenvalue weighted by Gasteiger charge is 2.29. The summed E-state index contributed by atoms with van der Waals surface area (Å²) in [5.41, 5.74) is 0.139. The fourth-order valence-corrected chi connectivity index (χ4v) is 4.10. The van der Waals surface area contributed by atoms with Crippen LogP contribution in [-0.4, -0.2) is 47.4 Å². The van der Waals surface area contributed by atoms with Crippen molar-refractivity contribution in [3.8, 4) is 17.2 Å². The van der Waals surface area contributed by atoms with Gasteiger partial charge in [0.25, 0.3) is 10.0 Å². The van der Waals surface area contributed by atoms with E-state index < -0.39 is 21.7 Å². The molecule has 1 aromatic heterocycles. The first-order valence-electron chi connectivity index (χ1n) is 8.72. The van der Waals surface area contributed by atoms with Gasteiger partial charge >= 0.3 is 11.7 Å². The predicted octanol–water partition coefficient (Wildman–Crippen LogP) is 1.74. The maximum absolute atomic E-state index is 13.1. The van der Waals surface area contributed by atoms with Gasteiger partial charge in [-0.05, 0) is 12.1 Å². The molecule has 0 aliphatic carbocycles. The number of methoxy groups -OCH3 is 4. The van der Waals surface area contributed by atoms with Crippen molar-refractivity contribution >= 4 is 32.8 Å². The van der Waals surface area contributed by atoms with E-state index in [2.05, 4.69) is 4.72 Å². The molecule has 1 N–H and O–H groups in total. The van der Waals surface area contributed by atoms with Gasteiger partial charge in [0, 0.05) is 19.2 Å².